The zero-order valence-electron chi connectivity index (χ0n) is 13.0. The van der Waals surface area contributed by atoms with Crippen LogP contribution in [0.3, 0.4) is 0 Å². The number of anilines is 1. The van der Waals surface area contributed by atoms with Gasteiger partial charge in [0.1, 0.15) is 5.82 Å². The summed E-state index contributed by atoms with van der Waals surface area (Å²) in [5.74, 6) is 1.11. The minimum atomic E-state index is -0.567. The van der Waals surface area contributed by atoms with Crippen LogP contribution in [0.2, 0.25) is 5.02 Å². The molecule has 0 spiro atoms. The van der Waals surface area contributed by atoms with Crippen LogP contribution in [-0.4, -0.2) is 33.9 Å². The number of aryl methyl sites for hydroxylation is 1. The number of hydrogen-bond donors (Lipinski definition) is 2. The summed E-state index contributed by atoms with van der Waals surface area (Å²) < 4.78 is 6.66. The molecule has 9 heteroatoms. The van der Waals surface area contributed by atoms with Crippen LogP contribution in [0.15, 0.2) is 18.2 Å². The lowest BCUT2D eigenvalue weighted by atomic mass is 10.2. The average molecular weight is 350 g/mol. The summed E-state index contributed by atoms with van der Waals surface area (Å²) in [4.78, 5) is 23.6. The van der Waals surface area contributed by atoms with Gasteiger partial charge in [0, 0.05) is 18.7 Å². The van der Waals surface area contributed by atoms with Crippen LogP contribution < -0.4 is 10.6 Å². The van der Waals surface area contributed by atoms with Crippen molar-refractivity contribution >= 4 is 29.3 Å². The maximum atomic E-state index is 12.0. The van der Waals surface area contributed by atoms with Gasteiger partial charge in [-0.1, -0.05) is 11.6 Å². The Labute approximate surface area is 143 Å². The second-order valence-corrected chi connectivity index (χ2v) is 5.69. The molecule has 126 valence electrons. The molecule has 0 aliphatic carbocycles. The SMILES string of the molecule is COC(=O)c1cc(NC(=O)NCc2nnc3n2CCC3)ccc1Cl. The number of carbonyl (C=O) groups is 2. The predicted molar refractivity (Wildman–Crippen MR) is 87.0 cm³/mol. The molecule has 1 aromatic carbocycles. The molecule has 0 atom stereocenters. The van der Waals surface area contributed by atoms with Gasteiger partial charge < -0.3 is 19.9 Å². The van der Waals surface area contributed by atoms with Crippen LogP contribution in [0.5, 0.6) is 0 Å². The smallest absolute Gasteiger partial charge is 0.339 e. The quantitative estimate of drug-likeness (QED) is 0.822. The molecule has 8 nitrogen and oxygen atoms in total. The molecule has 1 aliphatic rings. The lowest BCUT2D eigenvalue weighted by Gasteiger charge is -2.09. The second kappa shape index (κ2) is 6.88. The number of benzene rings is 1. The monoisotopic (exact) mass is 349 g/mol. The van der Waals surface area contributed by atoms with Crippen molar-refractivity contribution < 1.29 is 14.3 Å². The molecule has 0 saturated carbocycles. The van der Waals surface area contributed by atoms with Crippen molar-refractivity contribution in [2.45, 2.75) is 25.9 Å². The van der Waals surface area contributed by atoms with Crippen molar-refractivity contribution in [2.24, 2.45) is 0 Å². The van der Waals surface area contributed by atoms with Crippen molar-refractivity contribution in [3.8, 4) is 0 Å². The summed E-state index contributed by atoms with van der Waals surface area (Å²) in [5.41, 5.74) is 0.621. The fraction of sp³-hybridized carbons (Fsp3) is 0.333. The van der Waals surface area contributed by atoms with Gasteiger partial charge in [0.15, 0.2) is 5.82 Å². The van der Waals surface area contributed by atoms with Gasteiger partial charge in [-0.2, -0.15) is 0 Å². The first kappa shape index (κ1) is 16.3. The Balaban J connectivity index is 1.61. The highest BCUT2D eigenvalue weighted by atomic mass is 35.5. The molecule has 2 aromatic rings. The first-order valence-electron chi connectivity index (χ1n) is 7.42. The molecule has 2 heterocycles. The maximum Gasteiger partial charge on any atom is 0.339 e. The molecule has 0 unspecified atom stereocenters. The molecule has 0 radical (unpaired) electrons. The molecule has 24 heavy (non-hydrogen) atoms. The number of rotatable bonds is 4. The summed E-state index contributed by atoms with van der Waals surface area (Å²) in [7, 11) is 1.27. The highest BCUT2D eigenvalue weighted by molar-refractivity contribution is 6.33. The maximum absolute atomic E-state index is 12.0. The molecule has 2 amide bonds. The molecule has 3 rings (SSSR count). The van der Waals surface area contributed by atoms with E-state index in [1.807, 2.05) is 4.57 Å². The van der Waals surface area contributed by atoms with E-state index in [0.717, 1.165) is 31.0 Å². The Morgan fingerprint density at radius 1 is 1.38 bits per heavy atom. The van der Waals surface area contributed by atoms with Crippen molar-refractivity contribution in [3.05, 3.63) is 40.4 Å². The molecule has 0 saturated heterocycles. The Hall–Kier alpha value is -2.61. The Kier molecular flexibility index (Phi) is 4.66. The number of nitrogens with zero attached hydrogens (tertiary/aromatic N) is 3. The van der Waals surface area contributed by atoms with Gasteiger partial charge in [0.25, 0.3) is 0 Å². The lowest BCUT2D eigenvalue weighted by Crippen LogP contribution is -2.29. The molecule has 2 N–H and O–H groups in total. The largest absolute Gasteiger partial charge is 0.465 e. The van der Waals surface area contributed by atoms with Crippen molar-refractivity contribution in [1.29, 1.82) is 0 Å². The van der Waals surface area contributed by atoms with Gasteiger partial charge in [0.05, 0.1) is 24.2 Å². The number of hydrogen-bond acceptors (Lipinski definition) is 5. The van der Waals surface area contributed by atoms with E-state index in [-0.39, 0.29) is 17.1 Å². The average Bonchev–Trinajstić information content (AvgIpc) is 3.18. The predicted octanol–water partition coefficient (Wildman–Crippen LogP) is 1.99. The Morgan fingerprint density at radius 3 is 3.00 bits per heavy atom. The molecule has 0 bridgehead atoms. The number of aromatic nitrogens is 3. The van der Waals surface area contributed by atoms with Crippen molar-refractivity contribution in [1.82, 2.24) is 20.1 Å². The van der Waals surface area contributed by atoms with Crippen LogP contribution in [0, 0.1) is 0 Å². The van der Waals surface area contributed by atoms with Gasteiger partial charge in [-0.3, -0.25) is 0 Å². The van der Waals surface area contributed by atoms with Gasteiger partial charge in [-0.05, 0) is 24.6 Å². The van der Waals surface area contributed by atoms with E-state index in [0.29, 0.717) is 5.69 Å². The summed E-state index contributed by atoms with van der Waals surface area (Å²) in [6, 6.07) is 4.17. The molecule has 1 aromatic heterocycles. The van der Waals surface area contributed by atoms with Crippen molar-refractivity contribution in [3.63, 3.8) is 0 Å². The first-order chi connectivity index (χ1) is 11.6. The standard InChI is InChI=1S/C15H16ClN5O3/c1-24-14(22)10-7-9(4-5-11(10)16)18-15(23)17-8-13-20-19-12-3-2-6-21(12)13/h4-5,7H,2-3,6,8H2,1H3,(H2,17,18,23). The zero-order valence-corrected chi connectivity index (χ0v) is 13.8. The second-order valence-electron chi connectivity index (χ2n) is 5.28. The lowest BCUT2D eigenvalue weighted by molar-refractivity contribution is 0.0601. The van der Waals surface area contributed by atoms with Crippen LogP contribution in [0.4, 0.5) is 10.5 Å². The number of urea groups is 1. The van der Waals surface area contributed by atoms with E-state index in [9.17, 15) is 9.59 Å². The van der Waals surface area contributed by atoms with E-state index in [1.54, 1.807) is 6.07 Å². The van der Waals surface area contributed by atoms with Gasteiger partial charge in [0.2, 0.25) is 0 Å². The zero-order chi connectivity index (χ0) is 17.1. The normalized spacial score (nSPS) is 12.6. The summed E-state index contributed by atoms with van der Waals surface area (Å²) in [6.07, 6.45) is 1.96. The van der Waals surface area contributed by atoms with Gasteiger partial charge in [-0.15, -0.1) is 10.2 Å². The highest BCUT2D eigenvalue weighted by Gasteiger charge is 2.17. The van der Waals surface area contributed by atoms with E-state index in [2.05, 4.69) is 25.6 Å². The van der Waals surface area contributed by atoms with Gasteiger partial charge >= 0.3 is 12.0 Å². The number of esters is 1. The number of nitrogens with one attached hydrogen (secondary N) is 2. The molecular weight excluding hydrogens is 334 g/mol. The number of carbonyl (C=O) groups excluding carboxylic acids is 2. The Bertz CT molecular complexity index is 789. The van der Waals surface area contributed by atoms with E-state index >= 15 is 0 Å². The number of ether oxygens (including phenoxy) is 1. The number of halogens is 1. The minimum absolute atomic E-state index is 0.187. The third-order valence-corrected chi connectivity index (χ3v) is 4.05. The van der Waals surface area contributed by atoms with Crippen LogP contribution in [-0.2, 0) is 24.2 Å². The fourth-order valence-electron chi connectivity index (χ4n) is 2.55. The summed E-state index contributed by atoms with van der Waals surface area (Å²) in [5, 5.41) is 13.8. The number of amides is 2. The third kappa shape index (κ3) is 3.33. The van der Waals surface area contributed by atoms with Crippen LogP contribution in [0.25, 0.3) is 0 Å². The molecular formula is C15H16ClN5O3. The minimum Gasteiger partial charge on any atom is -0.465 e. The highest BCUT2D eigenvalue weighted by Crippen LogP contribution is 2.21. The number of methoxy groups -OCH3 is 1. The fourth-order valence-corrected chi connectivity index (χ4v) is 2.74. The van der Waals surface area contributed by atoms with E-state index in [4.69, 9.17) is 11.6 Å². The van der Waals surface area contributed by atoms with Crippen LogP contribution >= 0.6 is 11.6 Å². The first-order valence-corrected chi connectivity index (χ1v) is 7.80. The molecule has 1 aliphatic heterocycles. The topological polar surface area (TPSA) is 98.1 Å². The van der Waals surface area contributed by atoms with E-state index in [1.165, 1.54) is 19.2 Å². The van der Waals surface area contributed by atoms with Gasteiger partial charge in [-0.25, -0.2) is 9.59 Å². The number of fused-ring (bicyclic) bond motifs is 1. The summed E-state index contributed by atoms with van der Waals surface area (Å²) in [6.45, 7) is 1.15. The van der Waals surface area contributed by atoms with Crippen LogP contribution in [0.1, 0.15) is 28.4 Å². The Morgan fingerprint density at radius 2 is 2.21 bits per heavy atom. The van der Waals surface area contributed by atoms with Crippen molar-refractivity contribution in [2.75, 3.05) is 12.4 Å². The third-order valence-electron chi connectivity index (χ3n) is 3.72. The molecule has 0 fully saturated rings. The summed E-state index contributed by atoms with van der Waals surface area (Å²) >= 11 is 5.94. The van der Waals surface area contributed by atoms with E-state index < -0.39 is 12.0 Å².